The fourth-order valence-electron chi connectivity index (χ4n) is 4.40. The Kier molecular flexibility index (Phi) is 17.0. The van der Waals surface area contributed by atoms with Crippen molar-refractivity contribution in [1.82, 2.24) is 9.80 Å². The predicted octanol–water partition coefficient (Wildman–Crippen LogP) is 6.37. The number of unbranched alkanes of at least 4 members (excludes halogenated alkanes) is 10. The molecule has 0 aromatic rings. The third-order valence-electron chi connectivity index (χ3n) is 6.36. The molecule has 2 saturated heterocycles. The normalized spacial score (nSPS) is 17.7. The summed E-state index contributed by atoms with van der Waals surface area (Å²) in [6.07, 6.45) is 20.9. The molecule has 4 nitrogen and oxygen atoms in total. The van der Waals surface area contributed by atoms with Crippen LogP contribution in [0.15, 0.2) is 0 Å². The number of ketones is 1. The molecule has 0 spiro atoms. The second-order valence-corrected chi connectivity index (χ2v) is 9.29. The third kappa shape index (κ3) is 14.2. The standard InChI is InChI=1S/2C13H25NO/c1-2-3-4-5-6-8-11-14-12-9-7-10-13(14)15;1-2-3-4-5-6-7-10-14-11-8-9-13(15)12-14/h2*2-12H2,1H3. The van der Waals surface area contributed by atoms with Crippen LogP contribution in [0.1, 0.15) is 123 Å². The van der Waals surface area contributed by atoms with Crippen molar-refractivity contribution in [2.45, 2.75) is 123 Å². The molecule has 0 aromatic heterocycles. The topological polar surface area (TPSA) is 40.6 Å². The van der Waals surface area contributed by atoms with Gasteiger partial charge >= 0.3 is 0 Å². The van der Waals surface area contributed by atoms with E-state index in [0.29, 0.717) is 11.7 Å². The SMILES string of the molecule is CCCCCCCCN1CCCC(=O)C1.CCCCCCCCN1CCCCC1=O. The maximum Gasteiger partial charge on any atom is 0.222 e. The predicted molar refractivity (Wildman–Crippen MR) is 128 cm³/mol. The first-order valence-corrected chi connectivity index (χ1v) is 13.2. The van der Waals surface area contributed by atoms with E-state index in [0.717, 1.165) is 58.4 Å². The minimum absolute atomic E-state index is 0.384. The summed E-state index contributed by atoms with van der Waals surface area (Å²) in [6, 6.07) is 0. The monoisotopic (exact) mass is 422 g/mol. The lowest BCUT2D eigenvalue weighted by molar-refractivity contribution is -0.133. The van der Waals surface area contributed by atoms with E-state index in [2.05, 4.69) is 23.6 Å². The average Bonchev–Trinajstić information content (AvgIpc) is 2.75. The van der Waals surface area contributed by atoms with Crippen LogP contribution in [0, 0.1) is 0 Å². The summed E-state index contributed by atoms with van der Waals surface area (Å²) in [5.74, 6) is 0.821. The van der Waals surface area contributed by atoms with Crippen molar-refractivity contribution < 1.29 is 9.59 Å². The molecule has 2 heterocycles. The number of nitrogens with zero attached hydrogens (tertiary/aromatic N) is 2. The fraction of sp³-hybridized carbons (Fsp3) is 0.923. The Morgan fingerprint density at radius 3 is 1.83 bits per heavy atom. The molecule has 0 bridgehead atoms. The van der Waals surface area contributed by atoms with Gasteiger partial charge in [0.05, 0.1) is 6.54 Å². The molecule has 0 N–H and O–H groups in total. The molecule has 0 unspecified atom stereocenters. The van der Waals surface area contributed by atoms with Gasteiger partial charge in [0.1, 0.15) is 5.78 Å². The van der Waals surface area contributed by atoms with E-state index >= 15 is 0 Å². The lowest BCUT2D eigenvalue weighted by Gasteiger charge is -2.26. The van der Waals surface area contributed by atoms with Crippen molar-refractivity contribution in [2.75, 3.05) is 32.7 Å². The molecule has 2 aliphatic rings. The van der Waals surface area contributed by atoms with Gasteiger partial charge in [-0.3, -0.25) is 14.5 Å². The Morgan fingerprint density at radius 1 is 0.633 bits per heavy atom. The number of Topliss-reactive ketones (excluding diaryl/α,β-unsaturated/α-hetero) is 1. The van der Waals surface area contributed by atoms with E-state index < -0.39 is 0 Å². The van der Waals surface area contributed by atoms with E-state index in [9.17, 15) is 9.59 Å². The van der Waals surface area contributed by atoms with Crippen LogP contribution in [0.2, 0.25) is 0 Å². The first-order valence-electron chi connectivity index (χ1n) is 13.2. The number of hydrogen-bond acceptors (Lipinski definition) is 3. The van der Waals surface area contributed by atoms with Crippen molar-refractivity contribution in [1.29, 1.82) is 0 Å². The van der Waals surface area contributed by atoms with Gasteiger partial charge < -0.3 is 4.90 Å². The number of amides is 1. The van der Waals surface area contributed by atoms with Crippen molar-refractivity contribution >= 4 is 11.7 Å². The van der Waals surface area contributed by atoms with Gasteiger partial charge in [0.2, 0.25) is 5.91 Å². The average molecular weight is 423 g/mol. The van der Waals surface area contributed by atoms with E-state index in [1.54, 1.807) is 0 Å². The number of hydrogen-bond donors (Lipinski definition) is 0. The zero-order valence-corrected chi connectivity index (χ0v) is 20.3. The van der Waals surface area contributed by atoms with Gasteiger partial charge in [-0.05, 0) is 45.2 Å². The lowest BCUT2D eigenvalue weighted by atomic mass is 10.1. The maximum absolute atomic E-state index is 11.5. The Balaban J connectivity index is 0.000000300. The first kappa shape index (κ1) is 27.1. The zero-order chi connectivity index (χ0) is 21.9. The van der Waals surface area contributed by atoms with Gasteiger partial charge in [0.15, 0.2) is 0 Å². The van der Waals surface area contributed by atoms with Crippen LogP contribution in [0.3, 0.4) is 0 Å². The molecule has 1 amide bonds. The number of carbonyl (C=O) groups is 2. The van der Waals surface area contributed by atoms with Gasteiger partial charge in [-0.1, -0.05) is 78.1 Å². The highest BCUT2D eigenvalue weighted by atomic mass is 16.2. The van der Waals surface area contributed by atoms with Crippen LogP contribution in [0.5, 0.6) is 0 Å². The molecule has 30 heavy (non-hydrogen) atoms. The smallest absolute Gasteiger partial charge is 0.222 e. The van der Waals surface area contributed by atoms with Crippen LogP contribution in [-0.2, 0) is 9.59 Å². The van der Waals surface area contributed by atoms with Gasteiger partial charge in [0, 0.05) is 25.9 Å². The van der Waals surface area contributed by atoms with Crippen molar-refractivity contribution in [2.24, 2.45) is 0 Å². The molecule has 2 aliphatic heterocycles. The summed E-state index contributed by atoms with van der Waals surface area (Å²) in [4.78, 5) is 27.1. The van der Waals surface area contributed by atoms with E-state index in [4.69, 9.17) is 0 Å². The fourth-order valence-corrected chi connectivity index (χ4v) is 4.40. The van der Waals surface area contributed by atoms with Gasteiger partial charge in [-0.15, -0.1) is 0 Å². The summed E-state index contributed by atoms with van der Waals surface area (Å²) < 4.78 is 0. The number of rotatable bonds is 14. The highest BCUT2D eigenvalue weighted by Gasteiger charge is 2.17. The molecule has 0 radical (unpaired) electrons. The minimum Gasteiger partial charge on any atom is -0.343 e. The van der Waals surface area contributed by atoms with Crippen LogP contribution in [0.25, 0.3) is 0 Å². The van der Waals surface area contributed by atoms with Crippen LogP contribution in [0.4, 0.5) is 0 Å². The van der Waals surface area contributed by atoms with Crippen molar-refractivity contribution in [3.05, 3.63) is 0 Å². The number of piperidine rings is 2. The van der Waals surface area contributed by atoms with E-state index in [1.165, 1.54) is 83.5 Å². The van der Waals surface area contributed by atoms with Crippen LogP contribution < -0.4 is 0 Å². The summed E-state index contributed by atoms with van der Waals surface area (Å²) in [5.41, 5.74) is 0. The third-order valence-corrected chi connectivity index (χ3v) is 6.36. The maximum atomic E-state index is 11.5. The van der Waals surface area contributed by atoms with Gasteiger partial charge in [0.25, 0.3) is 0 Å². The molecule has 0 saturated carbocycles. The summed E-state index contributed by atoms with van der Waals surface area (Å²) in [7, 11) is 0. The summed E-state index contributed by atoms with van der Waals surface area (Å²) in [6.45, 7) is 9.50. The van der Waals surface area contributed by atoms with Crippen LogP contribution in [-0.4, -0.2) is 54.2 Å². The molecule has 0 aromatic carbocycles. The zero-order valence-electron chi connectivity index (χ0n) is 20.3. The molecule has 2 rings (SSSR count). The summed E-state index contributed by atoms with van der Waals surface area (Å²) in [5, 5.41) is 0. The highest BCUT2D eigenvalue weighted by molar-refractivity contribution is 5.81. The molecule has 176 valence electrons. The minimum atomic E-state index is 0.384. The Morgan fingerprint density at radius 2 is 1.23 bits per heavy atom. The van der Waals surface area contributed by atoms with Crippen molar-refractivity contribution in [3.8, 4) is 0 Å². The van der Waals surface area contributed by atoms with E-state index in [1.807, 2.05) is 0 Å². The molecule has 4 heteroatoms. The molecule has 2 fully saturated rings. The van der Waals surface area contributed by atoms with Gasteiger partial charge in [-0.2, -0.15) is 0 Å². The Hall–Kier alpha value is -0.900. The highest BCUT2D eigenvalue weighted by Crippen LogP contribution is 2.13. The molecular weight excluding hydrogens is 372 g/mol. The number of likely N-dealkylation sites (tertiary alicyclic amines) is 2. The van der Waals surface area contributed by atoms with Crippen molar-refractivity contribution in [3.63, 3.8) is 0 Å². The Labute approximate surface area is 187 Å². The molecule has 0 atom stereocenters. The largest absolute Gasteiger partial charge is 0.343 e. The number of carbonyl (C=O) groups excluding carboxylic acids is 2. The quantitative estimate of drug-likeness (QED) is 0.305. The molecular formula is C26H50N2O2. The summed E-state index contributed by atoms with van der Waals surface area (Å²) >= 11 is 0. The second kappa shape index (κ2) is 18.8. The first-order chi connectivity index (χ1) is 14.7. The van der Waals surface area contributed by atoms with E-state index in [-0.39, 0.29) is 0 Å². The van der Waals surface area contributed by atoms with Crippen LogP contribution >= 0.6 is 0 Å². The molecule has 0 aliphatic carbocycles. The lowest BCUT2D eigenvalue weighted by Crippen LogP contribution is -2.36. The Bertz CT molecular complexity index is 439. The second-order valence-electron chi connectivity index (χ2n) is 9.29. The van der Waals surface area contributed by atoms with Gasteiger partial charge in [-0.25, -0.2) is 0 Å².